The van der Waals surface area contributed by atoms with Crippen LogP contribution < -0.4 is 10.1 Å². The first-order valence-corrected chi connectivity index (χ1v) is 13.1. The van der Waals surface area contributed by atoms with E-state index < -0.39 is 5.97 Å². The molecular formula is C32H37NO3. The summed E-state index contributed by atoms with van der Waals surface area (Å²) in [4.78, 5) is 11.3. The molecule has 2 N–H and O–H groups in total. The molecule has 4 heteroatoms. The van der Waals surface area contributed by atoms with Gasteiger partial charge < -0.3 is 15.2 Å². The second-order valence-electron chi connectivity index (χ2n) is 11.7. The van der Waals surface area contributed by atoms with Gasteiger partial charge in [0.25, 0.3) is 0 Å². The van der Waals surface area contributed by atoms with Gasteiger partial charge in [0.1, 0.15) is 12.4 Å². The molecule has 0 spiro atoms. The van der Waals surface area contributed by atoms with Gasteiger partial charge in [0.15, 0.2) is 0 Å². The van der Waals surface area contributed by atoms with Crippen LogP contribution in [-0.4, -0.2) is 30.3 Å². The molecule has 4 nitrogen and oxygen atoms in total. The van der Waals surface area contributed by atoms with Gasteiger partial charge in [-0.05, 0) is 88.6 Å². The number of nitrogens with one attached hydrogen (secondary N) is 1. The molecule has 0 saturated heterocycles. The zero-order chi connectivity index (χ0) is 25.5. The molecule has 0 aliphatic heterocycles. The van der Waals surface area contributed by atoms with Crippen molar-refractivity contribution < 1.29 is 14.6 Å². The summed E-state index contributed by atoms with van der Waals surface area (Å²) in [5.74, 6) is -0.0308. The lowest BCUT2D eigenvalue weighted by Gasteiger charge is -2.42. The number of hydrogen-bond acceptors (Lipinski definition) is 3. The third kappa shape index (κ3) is 5.05. The standard InChI is InChI=1S/C32H37NO3/c1-31(2)15-16-32(3,4)28-20-24(9-13-27(28)31)26-19-23(21-5-7-22(8-6-21)30(34)35)10-14-29(26)36-18-17-33-25-11-12-25/h5-10,13-14,19-20,25,33H,11-12,15-18H2,1-4H3,(H,34,35). The average Bonchev–Trinajstić information content (AvgIpc) is 3.69. The molecule has 2 aliphatic carbocycles. The summed E-state index contributed by atoms with van der Waals surface area (Å²) >= 11 is 0. The highest BCUT2D eigenvalue weighted by Crippen LogP contribution is 2.47. The topological polar surface area (TPSA) is 58.6 Å². The van der Waals surface area contributed by atoms with Crippen molar-refractivity contribution >= 4 is 5.97 Å². The number of carboxylic acids is 1. The summed E-state index contributed by atoms with van der Waals surface area (Å²) in [6, 6.07) is 21.0. The van der Waals surface area contributed by atoms with E-state index in [1.807, 2.05) is 12.1 Å². The molecule has 36 heavy (non-hydrogen) atoms. The Bertz CT molecular complexity index is 1270. The molecule has 1 fully saturated rings. The van der Waals surface area contributed by atoms with Crippen LogP contribution in [0.3, 0.4) is 0 Å². The summed E-state index contributed by atoms with van der Waals surface area (Å²) in [7, 11) is 0. The molecule has 3 aromatic carbocycles. The van der Waals surface area contributed by atoms with E-state index in [0.717, 1.165) is 34.5 Å². The number of carbonyl (C=O) groups is 1. The number of rotatable bonds is 8. The maximum absolute atomic E-state index is 11.3. The third-order valence-electron chi connectivity index (χ3n) is 7.98. The Morgan fingerprint density at radius 1 is 0.861 bits per heavy atom. The monoisotopic (exact) mass is 483 g/mol. The van der Waals surface area contributed by atoms with Gasteiger partial charge in [-0.1, -0.05) is 64.1 Å². The minimum absolute atomic E-state index is 0.125. The minimum atomic E-state index is -0.912. The largest absolute Gasteiger partial charge is 0.492 e. The summed E-state index contributed by atoms with van der Waals surface area (Å²) in [6.45, 7) is 10.9. The van der Waals surface area contributed by atoms with E-state index in [9.17, 15) is 9.90 Å². The van der Waals surface area contributed by atoms with Crippen LogP contribution in [0, 0.1) is 0 Å². The molecule has 5 rings (SSSR count). The van der Waals surface area contributed by atoms with Crippen LogP contribution in [0.5, 0.6) is 5.75 Å². The van der Waals surface area contributed by atoms with Crippen molar-refractivity contribution in [1.82, 2.24) is 5.32 Å². The maximum atomic E-state index is 11.3. The van der Waals surface area contributed by atoms with Gasteiger partial charge in [-0.3, -0.25) is 0 Å². The molecule has 0 radical (unpaired) electrons. The van der Waals surface area contributed by atoms with Crippen molar-refractivity contribution in [3.05, 3.63) is 77.4 Å². The van der Waals surface area contributed by atoms with Crippen LogP contribution in [0.25, 0.3) is 22.3 Å². The zero-order valence-electron chi connectivity index (χ0n) is 21.9. The highest BCUT2D eigenvalue weighted by Gasteiger charge is 2.37. The lowest BCUT2D eigenvalue weighted by atomic mass is 9.63. The smallest absolute Gasteiger partial charge is 0.335 e. The predicted molar refractivity (Wildman–Crippen MR) is 146 cm³/mol. The van der Waals surface area contributed by atoms with Gasteiger partial charge in [0.2, 0.25) is 0 Å². The Morgan fingerprint density at radius 3 is 2.17 bits per heavy atom. The van der Waals surface area contributed by atoms with E-state index in [2.05, 4.69) is 69.4 Å². The van der Waals surface area contributed by atoms with Crippen LogP contribution in [0.2, 0.25) is 0 Å². The molecule has 3 aromatic rings. The summed E-state index contributed by atoms with van der Waals surface area (Å²) in [5.41, 5.74) is 7.72. The van der Waals surface area contributed by atoms with Gasteiger partial charge in [0, 0.05) is 18.2 Å². The number of carboxylic acid groups (broad SMARTS) is 1. The van der Waals surface area contributed by atoms with Crippen molar-refractivity contribution in [2.75, 3.05) is 13.2 Å². The van der Waals surface area contributed by atoms with E-state index in [4.69, 9.17) is 4.74 Å². The normalized spacial score (nSPS) is 17.9. The molecule has 1 saturated carbocycles. The van der Waals surface area contributed by atoms with E-state index >= 15 is 0 Å². The van der Waals surface area contributed by atoms with Crippen LogP contribution >= 0.6 is 0 Å². The predicted octanol–water partition coefficient (Wildman–Crippen LogP) is 7.20. The molecule has 0 unspecified atom stereocenters. The fourth-order valence-electron chi connectivity index (χ4n) is 5.33. The fraction of sp³-hybridized carbons (Fsp3) is 0.406. The molecule has 0 heterocycles. The summed E-state index contributed by atoms with van der Waals surface area (Å²) in [5, 5.41) is 12.8. The molecule has 188 valence electrons. The van der Waals surface area contributed by atoms with Gasteiger partial charge in [-0.15, -0.1) is 0 Å². The Balaban J connectivity index is 1.54. The van der Waals surface area contributed by atoms with Gasteiger partial charge in [-0.25, -0.2) is 4.79 Å². The van der Waals surface area contributed by atoms with E-state index in [1.165, 1.54) is 36.8 Å². The lowest BCUT2D eigenvalue weighted by molar-refractivity contribution is 0.0697. The first-order chi connectivity index (χ1) is 17.1. The molecule has 0 atom stereocenters. The maximum Gasteiger partial charge on any atom is 0.335 e. The number of ether oxygens (including phenoxy) is 1. The minimum Gasteiger partial charge on any atom is -0.492 e. The second kappa shape index (κ2) is 9.40. The van der Waals surface area contributed by atoms with Crippen molar-refractivity contribution in [2.45, 2.75) is 70.3 Å². The zero-order valence-corrected chi connectivity index (χ0v) is 21.9. The Hall–Kier alpha value is -3.11. The van der Waals surface area contributed by atoms with Crippen molar-refractivity contribution in [2.24, 2.45) is 0 Å². The SMILES string of the molecule is CC1(C)CCC(C)(C)c2cc(-c3cc(-c4ccc(C(=O)O)cc4)ccc3OCCNC3CC3)ccc21. The molecule has 2 aliphatic rings. The average molecular weight is 484 g/mol. The molecule has 0 aromatic heterocycles. The van der Waals surface area contributed by atoms with Crippen molar-refractivity contribution in [3.63, 3.8) is 0 Å². The van der Waals surface area contributed by atoms with E-state index in [-0.39, 0.29) is 10.8 Å². The highest BCUT2D eigenvalue weighted by atomic mass is 16.5. The van der Waals surface area contributed by atoms with Crippen LogP contribution in [-0.2, 0) is 10.8 Å². The highest BCUT2D eigenvalue weighted by molar-refractivity contribution is 5.88. The fourth-order valence-corrected chi connectivity index (χ4v) is 5.33. The quantitative estimate of drug-likeness (QED) is 0.333. The third-order valence-corrected chi connectivity index (χ3v) is 7.98. The molecular weight excluding hydrogens is 446 g/mol. The van der Waals surface area contributed by atoms with Gasteiger partial charge in [0.05, 0.1) is 5.56 Å². The molecule has 0 amide bonds. The summed E-state index contributed by atoms with van der Waals surface area (Å²) in [6.07, 6.45) is 4.89. The van der Waals surface area contributed by atoms with E-state index in [0.29, 0.717) is 18.2 Å². The Labute approximate surface area is 214 Å². The Kier molecular flexibility index (Phi) is 6.42. The van der Waals surface area contributed by atoms with Gasteiger partial charge in [-0.2, -0.15) is 0 Å². The van der Waals surface area contributed by atoms with Crippen molar-refractivity contribution in [1.29, 1.82) is 0 Å². The summed E-state index contributed by atoms with van der Waals surface area (Å²) < 4.78 is 6.31. The number of aromatic carboxylic acids is 1. The second-order valence-corrected chi connectivity index (χ2v) is 11.7. The van der Waals surface area contributed by atoms with Crippen molar-refractivity contribution in [3.8, 4) is 28.0 Å². The number of benzene rings is 3. The van der Waals surface area contributed by atoms with Gasteiger partial charge >= 0.3 is 5.97 Å². The Morgan fingerprint density at radius 2 is 1.50 bits per heavy atom. The van der Waals surface area contributed by atoms with Crippen LogP contribution in [0.15, 0.2) is 60.7 Å². The first kappa shape index (κ1) is 24.6. The number of hydrogen-bond donors (Lipinski definition) is 2. The van der Waals surface area contributed by atoms with Crippen LogP contribution in [0.4, 0.5) is 0 Å². The van der Waals surface area contributed by atoms with Crippen LogP contribution in [0.1, 0.15) is 74.9 Å². The van der Waals surface area contributed by atoms with E-state index in [1.54, 1.807) is 12.1 Å². The molecule has 0 bridgehead atoms. The first-order valence-electron chi connectivity index (χ1n) is 13.1. The lowest BCUT2D eigenvalue weighted by Crippen LogP contribution is -2.33. The number of fused-ring (bicyclic) bond motifs is 1.